The van der Waals surface area contributed by atoms with Crippen LogP contribution in [0.5, 0.6) is 0 Å². The zero-order valence-corrected chi connectivity index (χ0v) is 14.7. The molecule has 0 aromatic heterocycles. The Morgan fingerprint density at radius 3 is 2.17 bits per heavy atom. The van der Waals surface area contributed by atoms with Gasteiger partial charge in [0, 0.05) is 25.4 Å². The number of benzene rings is 1. The molecule has 1 aromatic carbocycles. The summed E-state index contributed by atoms with van der Waals surface area (Å²) in [5.74, 6) is 0. The third kappa shape index (κ3) is 3.70. The second-order valence-electron chi connectivity index (χ2n) is 6.33. The molecule has 0 unspecified atom stereocenters. The number of hydrogen-bond donors (Lipinski definition) is 1. The third-order valence-electron chi connectivity index (χ3n) is 4.41. The molecular formula is C15H22N2O4S2. The van der Waals surface area contributed by atoms with Crippen molar-refractivity contribution in [2.75, 3.05) is 24.7 Å². The average molecular weight is 358 g/mol. The minimum Gasteiger partial charge on any atom is -0.381 e. The van der Waals surface area contributed by atoms with Gasteiger partial charge in [-0.25, -0.2) is 21.1 Å². The SMILES string of the molecule is CS(=O)(=O)c1ccccc1NC1CCN(S(=O)(=O)C2CC2)CC1. The molecule has 6 nitrogen and oxygen atoms in total. The van der Waals surface area contributed by atoms with E-state index < -0.39 is 19.9 Å². The number of rotatable bonds is 5. The van der Waals surface area contributed by atoms with Crippen LogP contribution in [0.3, 0.4) is 0 Å². The molecule has 8 heteroatoms. The Bertz CT molecular complexity index is 777. The largest absolute Gasteiger partial charge is 0.381 e. The molecular weight excluding hydrogens is 336 g/mol. The van der Waals surface area contributed by atoms with E-state index in [0.29, 0.717) is 31.6 Å². The zero-order valence-electron chi connectivity index (χ0n) is 13.1. The summed E-state index contributed by atoms with van der Waals surface area (Å²) in [7, 11) is -6.40. The van der Waals surface area contributed by atoms with E-state index in [0.717, 1.165) is 12.8 Å². The lowest BCUT2D eigenvalue weighted by atomic mass is 10.1. The quantitative estimate of drug-likeness (QED) is 0.861. The summed E-state index contributed by atoms with van der Waals surface area (Å²) in [4.78, 5) is 0.285. The molecule has 2 fully saturated rings. The molecule has 1 aliphatic carbocycles. The van der Waals surface area contributed by atoms with Gasteiger partial charge in [-0.3, -0.25) is 0 Å². The molecule has 1 saturated carbocycles. The topological polar surface area (TPSA) is 83.6 Å². The van der Waals surface area contributed by atoms with E-state index in [9.17, 15) is 16.8 Å². The first kappa shape index (κ1) is 16.7. The van der Waals surface area contributed by atoms with E-state index in [4.69, 9.17) is 0 Å². The molecule has 23 heavy (non-hydrogen) atoms. The van der Waals surface area contributed by atoms with Crippen molar-refractivity contribution in [1.82, 2.24) is 4.31 Å². The normalized spacial score (nSPS) is 21.3. The highest BCUT2D eigenvalue weighted by molar-refractivity contribution is 7.91. The summed E-state index contributed by atoms with van der Waals surface area (Å²) in [6.45, 7) is 0.995. The van der Waals surface area contributed by atoms with Crippen molar-refractivity contribution < 1.29 is 16.8 Å². The first-order valence-electron chi connectivity index (χ1n) is 7.83. The predicted molar refractivity (Wildman–Crippen MR) is 89.7 cm³/mol. The van der Waals surface area contributed by atoms with Crippen LogP contribution in [0.25, 0.3) is 0 Å². The van der Waals surface area contributed by atoms with E-state index in [2.05, 4.69) is 5.32 Å². The molecule has 3 rings (SSSR count). The van der Waals surface area contributed by atoms with E-state index in [1.165, 1.54) is 6.26 Å². The Morgan fingerprint density at radius 1 is 1.00 bits per heavy atom. The Morgan fingerprint density at radius 2 is 1.61 bits per heavy atom. The maximum atomic E-state index is 12.2. The molecule has 1 saturated heterocycles. The minimum atomic E-state index is -3.29. The Balaban J connectivity index is 1.66. The van der Waals surface area contributed by atoms with Crippen LogP contribution in [0.1, 0.15) is 25.7 Å². The fraction of sp³-hybridized carbons (Fsp3) is 0.600. The average Bonchev–Trinajstić information content (AvgIpc) is 3.32. The van der Waals surface area contributed by atoms with Crippen LogP contribution in [0.2, 0.25) is 0 Å². The van der Waals surface area contributed by atoms with Gasteiger partial charge in [0.05, 0.1) is 15.8 Å². The summed E-state index contributed by atoms with van der Waals surface area (Å²) in [5.41, 5.74) is 0.596. The van der Waals surface area contributed by atoms with Crippen LogP contribution in [-0.2, 0) is 19.9 Å². The van der Waals surface area contributed by atoms with Crippen molar-refractivity contribution in [3.05, 3.63) is 24.3 Å². The molecule has 128 valence electrons. The number of piperidine rings is 1. The molecule has 1 heterocycles. The van der Waals surface area contributed by atoms with Crippen molar-refractivity contribution in [2.24, 2.45) is 0 Å². The third-order valence-corrected chi connectivity index (χ3v) is 7.96. The summed E-state index contributed by atoms with van der Waals surface area (Å²) < 4.78 is 49.7. The Hall–Kier alpha value is -1.12. The van der Waals surface area contributed by atoms with Crippen molar-refractivity contribution in [3.63, 3.8) is 0 Å². The number of anilines is 1. The van der Waals surface area contributed by atoms with Gasteiger partial charge in [-0.1, -0.05) is 12.1 Å². The lowest BCUT2D eigenvalue weighted by Crippen LogP contribution is -2.43. The van der Waals surface area contributed by atoms with Gasteiger partial charge in [0.1, 0.15) is 0 Å². The highest BCUT2D eigenvalue weighted by Crippen LogP contribution is 2.33. The van der Waals surface area contributed by atoms with Gasteiger partial charge < -0.3 is 5.32 Å². The van der Waals surface area contributed by atoms with Crippen molar-refractivity contribution in [3.8, 4) is 0 Å². The van der Waals surface area contributed by atoms with Crippen LogP contribution in [0, 0.1) is 0 Å². The number of nitrogens with zero attached hydrogens (tertiary/aromatic N) is 1. The number of sulfonamides is 1. The molecule has 1 aromatic rings. The smallest absolute Gasteiger partial charge is 0.216 e. The molecule has 0 amide bonds. The van der Waals surface area contributed by atoms with Crippen molar-refractivity contribution in [2.45, 2.75) is 41.9 Å². The minimum absolute atomic E-state index is 0.0866. The van der Waals surface area contributed by atoms with E-state index in [1.54, 1.807) is 28.6 Å². The van der Waals surface area contributed by atoms with Gasteiger partial charge in [0.25, 0.3) is 0 Å². The number of para-hydroxylation sites is 1. The number of sulfone groups is 1. The van der Waals surface area contributed by atoms with Crippen LogP contribution in [0.15, 0.2) is 29.2 Å². The Kier molecular flexibility index (Phi) is 4.41. The van der Waals surface area contributed by atoms with Crippen LogP contribution < -0.4 is 5.32 Å². The summed E-state index contributed by atoms with van der Waals surface area (Å²) in [6, 6.07) is 6.92. The fourth-order valence-electron chi connectivity index (χ4n) is 2.96. The highest BCUT2D eigenvalue weighted by atomic mass is 32.2. The molecule has 0 radical (unpaired) electrons. The second kappa shape index (κ2) is 6.07. The van der Waals surface area contributed by atoms with E-state index in [-0.39, 0.29) is 16.2 Å². The zero-order chi connectivity index (χ0) is 16.7. The first-order valence-corrected chi connectivity index (χ1v) is 11.2. The lowest BCUT2D eigenvalue weighted by Gasteiger charge is -2.32. The van der Waals surface area contributed by atoms with E-state index in [1.807, 2.05) is 0 Å². The second-order valence-corrected chi connectivity index (χ2v) is 10.5. The van der Waals surface area contributed by atoms with Gasteiger partial charge in [-0.2, -0.15) is 0 Å². The predicted octanol–water partition coefficient (Wildman–Crippen LogP) is 1.46. The first-order chi connectivity index (χ1) is 10.8. The van der Waals surface area contributed by atoms with Crippen molar-refractivity contribution in [1.29, 1.82) is 0 Å². The van der Waals surface area contributed by atoms with Gasteiger partial charge in [-0.05, 0) is 37.8 Å². The maximum absolute atomic E-state index is 12.2. The number of hydrogen-bond acceptors (Lipinski definition) is 5. The molecule has 2 aliphatic rings. The van der Waals surface area contributed by atoms with E-state index >= 15 is 0 Å². The molecule has 1 aliphatic heterocycles. The number of nitrogens with one attached hydrogen (secondary N) is 1. The lowest BCUT2D eigenvalue weighted by molar-refractivity contribution is 0.329. The molecule has 1 N–H and O–H groups in total. The molecule has 0 spiro atoms. The van der Waals surface area contributed by atoms with Gasteiger partial charge in [0.2, 0.25) is 10.0 Å². The fourth-order valence-corrected chi connectivity index (χ4v) is 5.69. The summed E-state index contributed by atoms with van der Waals surface area (Å²) >= 11 is 0. The van der Waals surface area contributed by atoms with Crippen LogP contribution in [0.4, 0.5) is 5.69 Å². The molecule has 0 atom stereocenters. The maximum Gasteiger partial charge on any atom is 0.216 e. The summed E-state index contributed by atoms with van der Waals surface area (Å²) in [6.07, 6.45) is 4.12. The van der Waals surface area contributed by atoms with Gasteiger partial charge >= 0.3 is 0 Å². The Labute approximate surface area is 137 Å². The molecule has 0 bridgehead atoms. The summed E-state index contributed by atoms with van der Waals surface area (Å²) in [5, 5.41) is 3.10. The van der Waals surface area contributed by atoms with Crippen molar-refractivity contribution >= 4 is 25.5 Å². The van der Waals surface area contributed by atoms with Crippen LogP contribution in [-0.4, -0.2) is 51.8 Å². The monoisotopic (exact) mass is 358 g/mol. The van der Waals surface area contributed by atoms with Gasteiger partial charge in [-0.15, -0.1) is 0 Å². The highest BCUT2D eigenvalue weighted by Gasteiger charge is 2.41. The van der Waals surface area contributed by atoms with Gasteiger partial charge in [0.15, 0.2) is 9.84 Å². The van der Waals surface area contributed by atoms with Crippen LogP contribution >= 0.6 is 0 Å². The standard InChI is InChI=1S/C15H22N2O4S2/c1-22(18,19)15-5-3-2-4-14(15)16-12-8-10-17(11-9-12)23(20,21)13-6-7-13/h2-5,12-13,16H,6-11H2,1H3.